The molecule has 0 radical (unpaired) electrons. The van der Waals surface area contributed by atoms with Crippen LogP contribution in [0.15, 0.2) is 11.6 Å². The number of hydrogen-bond acceptors (Lipinski definition) is 3. The molecule has 0 aliphatic heterocycles. The summed E-state index contributed by atoms with van der Waals surface area (Å²) in [5, 5.41) is 0.472. The van der Waals surface area contributed by atoms with E-state index in [0.717, 1.165) is 30.8 Å². The lowest BCUT2D eigenvalue weighted by Gasteiger charge is -2.59. The van der Waals surface area contributed by atoms with Crippen LogP contribution in [0.3, 0.4) is 0 Å². The predicted molar refractivity (Wildman–Crippen MR) is 175 cm³/mol. The van der Waals surface area contributed by atoms with Gasteiger partial charge < -0.3 is 13.6 Å². The van der Waals surface area contributed by atoms with E-state index >= 15 is 0 Å². The Morgan fingerprint density at radius 1 is 0.925 bits per heavy atom. The van der Waals surface area contributed by atoms with Gasteiger partial charge in [-0.25, -0.2) is 0 Å². The summed E-state index contributed by atoms with van der Waals surface area (Å²) in [6.07, 6.45) is 15.2. The number of hydrogen-bond donors (Lipinski definition) is 0. The highest BCUT2D eigenvalue weighted by molar-refractivity contribution is 6.74. The highest BCUT2D eigenvalue weighted by Gasteiger charge is 2.60. The lowest BCUT2D eigenvalue weighted by molar-refractivity contribution is -0.110. The summed E-state index contributed by atoms with van der Waals surface area (Å²) in [5.74, 6) is 3.38. The molecule has 0 aromatic rings. The van der Waals surface area contributed by atoms with Crippen molar-refractivity contribution in [3.8, 4) is 0 Å². The molecule has 0 aromatic heterocycles. The Labute approximate surface area is 250 Å². The minimum Gasteiger partial charge on any atom is -0.417 e. The van der Waals surface area contributed by atoms with Crippen LogP contribution in [0.4, 0.5) is 0 Å². The summed E-state index contributed by atoms with van der Waals surface area (Å²) in [6, 6.07) is 0. The maximum Gasteiger partial charge on any atom is 0.192 e. The van der Waals surface area contributed by atoms with Crippen LogP contribution in [0, 0.1) is 40.4 Å². The second-order valence-electron chi connectivity index (χ2n) is 18.0. The van der Waals surface area contributed by atoms with Crippen LogP contribution in [0.1, 0.15) is 113 Å². The fourth-order valence-electron chi connectivity index (χ4n) is 9.14. The van der Waals surface area contributed by atoms with Gasteiger partial charge in [-0.1, -0.05) is 67.0 Å². The molecule has 0 aromatic carbocycles. The van der Waals surface area contributed by atoms with Crippen LogP contribution in [0.5, 0.6) is 0 Å². The second-order valence-corrected chi connectivity index (χ2v) is 27.5. The quantitative estimate of drug-likeness (QED) is 0.161. The molecule has 3 saturated carbocycles. The Morgan fingerprint density at radius 3 is 2.17 bits per heavy atom. The van der Waals surface area contributed by atoms with E-state index in [-0.39, 0.29) is 10.1 Å². The molecule has 3 fully saturated rings. The molecule has 8 atom stereocenters. The first kappa shape index (κ1) is 32.7. The Morgan fingerprint density at radius 2 is 1.57 bits per heavy atom. The molecule has 5 heteroatoms. The topological polar surface area (TPSA) is 35.5 Å². The maximum atomic E-state index is 11.9. The Bertz CT molecular complexity index is 957. The molecule has 4 aliphatic carbocycles. The van der Waals surface area contributed by atoms with Gasteiger partial charge in [-0.3, -0.25) is 0 Å². The van der Waals surface area contributed by atoms with E-state index in [1.807, 2.05) is 0 Å². The van der Waals surface area contributed by atoms with Crippen LogP contribution in [0.2, 0.25) is 36.3 Å². The molecule has 0 amide bonds. The molecule has 0 heterocycles. The first-order valence-electron chi connectivity index (χ1n) is 16.7. The average Bonchev–Trinajstić information content (AvgIpc) is 3.17. The Balaban J connectivity index is 1.49. The smallest absolute Gasteiger partial charge is 0.192 e. The number of fused-ring (bicyclic) bond motifs is 5. The summed E-state index contributed by atoms with van der Waals surface area (Å²) in [7, 11) is -3.59. The number of allylic oxidation sites excluding steroid dienone is 1. The van der Waals surface area contributed by atoms with Crippen molar-refractivity contribution in [1.29, 1.82) is 0 Å². The fraction of sp³-hybridized carbons (Fsp3) is 0.914. The molecule has 3 nitrogen and oxygen atoms in total. The van der Waals surface area contributed by atoms with Crippen LogP contribution in [0.25, 0.3) is 0 Å². The van der Waals surface area contributed by atoms with Gasteiger partial charge >= 0.3 is 0 Å². The van der Waals surface area contributed by atoms with E-state index in [0.29, 0.717) is 35.2 Å². The van der Waals surface area contributed by atoms with E-state index in [1.165, 1.54) is 51.2 Å². The zero-order valence-electron chi connectivity index (χ0n) is 28.4. The van der Waals surface area contributed by atoms with E-state index in [9.17, 15) is 4.79 Å². The van der Waals surface area contributed by atoms with Crippen molar-refractivity contribution in [3.63, 3.8) is 0 Å². The maximum absolute atomic E-state index is 11.9. The minimum atomic E-state index is -1.84. The molecular formula is C35H64O3Si2. The SMILES string of the molecule is CC(C)(C)[Si](C)(C)OC[C@@H](CC=O)[C@H]1CC[C@H]2[C@@H]3CC=C4C[C@@H](O[Si](C)(C)C(C)(C)C)CC[C@]4(C)[C@H]3CC[C@]12C. The largest absolute Gasteiger partial charge is 0.417 e. The Hall–Kier alpha value is -0.236. The fourth-order valence-corrected chi connectivity index (χ4v) is 11.6. The minimum absolute atomic E-state index is 0.204. The van der Waals surface area contributed by atoms with Crippen molar-refractivity contribution in [3.05, 3.63) is 11.6 Å². The van der Waals surface area contributed by atoms with Crippen molar-refractivity contribution in [2.75, 3.05) is 6.61 Å². The normalized spacial score (nSPS) is 37.7. The van der Waals surface area contributed by atoms with E-state index < -0.39 is 16.6 Å². The lowest BCUT2D eigenvalue weighted by atomic mass is 9.47. The van der Waals surface area contributed by atoms with Crippen LogP contribution >= 0.6 is 0 Å². The summed E-state index contributed by atoms with van der Waals surface area (Å²) in [4.78, 5) is 11.9. The predicted octanol–water partition coefficient (Wildman–Crippen LogP) is 10.2. The van der Waals surface area contributed by atoms with Crippen molar-refractivity contribution in [2.45, 2.75) is 156 Å². The van der Waals surface area contributed by atoms with Crippen molar-refractivity contribution >= 4 is 22.9 Å². The van der Waals surface area contributed by atoms with E-state index in [1.54, 1.807) is 5.57 Å². The number of carbonyl (C=O) groups is 1. The van der Waals surface area contributed by atoms with Gasteiger partial charge in [-0.2, -0.15) is 0 Å². The summed E-state index contributed by atoms with van der Waals surface area (Å²) in [6.45, 7) is 29.6. The van der Waals surface area contributed by atoms with Gasteiger partial charge in [0.25, 0.3) is 0 Å². The average molecular weight is 589 g/mol. The first-order chi connectivity index (χ1) is 18.3. The van der Waals surface area contributed by atoms with Crippen LogP contribution in [-0.4, -0.2) is 35.6 Å². The number of carbonyl (C=O) groups excluding carboxylic acids is 1. The molecule has 230 valence electrons. The lowest BCUT2D eigenvalue weighted by Crippen LogP contribution is -2.52. The highest BCUT2D eigenvalue weighted by Crippen LogP contribution is 2.67. The zero-order valence-corrected chi connectivity index (χ0v) is 30.4. The molecule has 0 saturated heterocycles. The second kappa shape index (κ2) is 11.0. The van der Waals surface area contributed by atoms with Crippen molar-refractivity contribution in [2.24, 2.45) is 40.4 Å². The molecule has 0 N–H and O–H groups in total. The van der Waals surface area contributed by atoms with Gasteiger partial charge in [-0.15, -0.1) is 0 Å². The molecular weight excluding hydrogens is 525 g/mol. The van der Waals surface area contributed by atoms with E-state index in [4.69, 9.17) is 8.85 Å². The Kier molecular flexibility index (Phi) is 9.02. The molecule has 40 heavy (non-hydrogen) atoms. The van der Waals surface area contributed by atoms with Crippen LogP contribution < -0.4 is 0 Å². The zero-order chi connectivity index (χ0) is 29.9. The van der Waals surface area contributed by atoms with Crippen LogP contribution in [-0.2, 0) is 13.6 Å². The third-order valence-corrected chi connectivity index (χ3v) is 22.9. The molecule has 4 aliphatic rings. The molecule has 0 bridgehead atoms. The van der Waals surface area contributed by atoms with Crippen molar-refractivity contribution in [1.82, 2.24) is 0 Å². The molecule has 4 rings (SSSR count). The summed E-state index contributed by atoms with van der Waals surface area (Å²) in [5.41, 5.74) is 2.42. The van der Waals surface area contributed by atoms with Gasteiger partial charge in [0.2, 0.25) is 0 Å². The third-order valence-electron chi connectivity index (χ3n) is 13.8. The number of rotatable bonds is 8. The van der Waals surface area contributed by atoms with E-state index in [2.05, 4.69) is 87.7 Å². The van der Waals surface area contributed by atoms with Crippen molar-refractivity contribution < 1.29 is 13.6 Å². The van der Waals surface area contributed by atoms with Gasteiger partial charge in [-0.05, 0) is 128 Å². The summed E-state index contributed by atoms with van der Waals surface area (Å²) < 4.78 is 13.7. The molecule has 0 spiro atoms. The van der Waals surface area contributed by atoms with Gasteiger partial charge in [0.05, 0.1) is 0 Å². The first-order valence-corrected chi connectivity index (χ1v) is 22.5. The molecule has 0 unspecified atom stereocenters. The van der Waals surface area contributed by atoms with Gasteiger partial charge in [0, 0.05) is 19.1 Å². The standard InChI is InChI=1S/C35H64O3Si2/c1-32(2,3)39(9,10)37-24-25(19-22-36)29-15-16-30-28-14-13-26-23-27(38-40(11,12)33(4,5)6)17-20-34(26,7)31(28)18-21-35(29,30)8/h13,22,25,27-31H,14-21,23-24H2,1-12H3/t25-,27+,28+,29-,30+,31+,34+,35-/m1/s1. The highest BCUT2D eigenvalue weighted by atomic mass is 28.4. The third kappa shape index (κ3) is 5.81. The van der Waals surface area contributed by atoms with Gasteiger partial charge in [0.1, 0.15) is 6.29 Å². The number of aldehydes is 1. The summed E-state index contributed by atoms with van der Waals surface area (Å²) >= 11 is 0. The monoisotopic (exact) mass is 588 g/mol. The van der Waals surface area contributed by atoms with Gasteiger partial charge in [0.15, 0.2) is 16.6 Å².